The lowest BCUT2D eigenvalue weighted by Gasteiger charge is -2.28. The minimum atomic E-state index is -0.0610. The Hall–Kier alpha value is -2.90. The molecule has 0 radical (unpaired) electrons. The maximum absolute atomic E-state index is 12.2. The van der Waals surface area contributed by atoms with E-state index in [1.54, 1.807) is 0 Å². The van der Waals surface area contributed by atoms with Gasteiger partial charge in [0.2, 0.25) is 5.91 Å². The molecule has 29 heavy (non-hydrogen) atoms. The molecule has 1 amide bonds. The molecule has 1 aliphatic rings. The summed E-state index contributed by atoms with van der Waals surface area (Å²) in [5.41, 5.74) is 1.40. The fourth-order valence-electron chi connectivity index (χ4n) is 3.70. The predicted molar refractivity (Wildman–Crippen MR) is 109 cm³/mol. The van der Waals surface area contributed by atoms with Crippen molar-refractivity contribution in [3.05, 3.63) is 35.2 Å². The summed E-state index contributed by atoms with van der Waals surface area (Å²) in [6, 6.07) is 3.75. The summed E-state index contributed by atoms with van der Waals surface area (Å²) in [6.45, 7) is 6.27. The topological polar surface area (TPSA) is 97.3 Å². The van der Waals surface area contributed by atoms with Crippen LogP contribution in [0.3, 0.4) is 0 Å². The van der Waals surface area contributed by atoms with Crippen LogP contribution in [-0.4, -0.2) is 34.1 Å². The standard InChI is InChI=1S/C21H27N5O3/c1-3-16-19-20(26-11-5-4-6-12-26)23-17(24-21(19)29-25-16)9-10-18(27)22-13-15-8-7-14(2)28-15/h7-8H,3-6,9-13H2,1-2H3,(H,22,27). The fourth-order valence-corrected chi connectivity index (χ4v) is 3.70. The van der Waals surface area contributed by atoms with E-state index < -0.39 is 0 Å². The van der Waals surface area contributed by atoms with Gasteiger partial charge >= 0.3 is 0 Å². The average molecular weight is 397 g/mol. The number of aromatic nitrogens is 3. The van der Waals surface area contributed by atoms with Gasteiger partial charge in [0.25, 0.3) is 5.71 Å². The largest absolute Gasteiger partial charge is 0.465 e. The summed E-state index contributed by atoms with van der Waals surface area (Å²) in [4.78, 5) is 23.9. The zero-order valence-corrected chi connectivity index (χ0v) is 17.0. The fraction of sp³-hybridized carbons (Fsp3) is 0.524. The van der Waals surface area contributed by atoms with Gasteiger partial charge in [-0.05, 0) is 44.7 Å². The van der Waals surface area contributed by atoms with E-state index in [1.807, 2.05) is 19.1 Å². The first-order valence-electron chi connectivity index (χ1n) is 10.4. The summed E-state index contributed by atoms with van der Waals surface area (Å²) in [5, 5.41) is 7.97. The third-order valence-corrected chi connectivity index (χ3v) is 5.26. The third-order valence-electron chi connectivity index (χ3n) is 5.26. The van der Waals surface area contributed by atoms with Gasteiger partial charge in [-0.2, -0.15) is 4.98 Å². The molecule has 1 aliphatic heterocycles. The van der Waals surface area contributed by atoms with Gasteiger partial charge in [0.15, 0.2) is 0 Å². The normalized spacial score (nSPS) is 14.5. The van der Waals surface area contributed by atoms with Gasteiger partial charge in [-0.25, -0.2) is 4.98 Å². The molecule has 0 atom stereocenters. The van der Waals surface area contributed by atoms with Gasteiger partial charge in [-0.3, -0.25) is 4.79 Å². The van der Waals surface area contributed by atoms with E-state index >= 15 is 0 Å². The molecule has 154 valence electrons. The minimum absolute atomic E-state index is 0.0610. The predicted octanol–water partition coefficient (Wildman–Crippen LogP) is 3.32. The maximum Gasteiger partial charge on any atom is 0.263 e. The molecule has 0 bridgehead atoms. The van der Waals surface area contributed by atoms with Crippen molar-refractivity contribution in [2.24, 2.45) is 0 Å². The summed E-state index contributed by atoms with van der Waals surface area (Å²) < 4.78 is 11.0. The molecule has 0 saturated carbocycles. The van der Waals surface area contributed by atoms with Gasteiger partial charge in [-0.1, -0.05) is 12.1 Å². The van der Waals surface area contributed by atoms with Crippen molar-refractivity contribution in [1.82, 2.24) is 20.4 Å². The number of piperidine rings is 1. The van der Waals surface area contributed by atoms with Crippen LogP contribution in [0.4, 0.5) is 5.82 Å². The number of carbonyl (C=O) groups is 1. The van der Waals surface area contributed by atoms with Crippen LogP contribution in [0.15, 0.2) is 21.1 Å². The first-order valence-corrected chi connectivity index (χ1v) is 10.4. The molecule has 0 spiro atoms. The number of fused-ring (bicyclic) bond motifs is 1. The molecule has 3 aromatic heterocycles. The molecule has 0 aliphatic carbocycles. The lowest BCUT2D eigenvalue weighted by molar-refractivity contribution is -0.121. The molecule has 0 unspecified atom stereocenters. The van der Waals surface area contributed by atoms with Crippen LogP contribution < -0.4 is 10.2 Å². The maximum atomic E-state index is 12.2. The molecule has 1 fully saturated rings. The van der Waals surface area contributed by atoms with Gasteiger partial charge in [-0.15, -0.1) is 0 Å². The Kier molecular flexibility index (Phi) is 5.78. The second kappa shape index (κ2) is 8.63. The number of aryl methyl sites for hydroxylation is 3. The van der Waals surface area contributed by atoms with E-state index in [1.165, 1.54) is 6.42 Å². The smallest absolute Gasteiger partial charge is 0.263 e. The Labute approximate surface area is 169 Å². The van der Waals surface area contributed by atoms with Crippen molar-refractivity contribution in [2.45, 2.75) is 58.9 Å². The zero-order chi connectivity index (χ0) is 20.2. The second-order valence-corrected chi connectivity index (χ2v) is 7.46. The first-order chi connectivity index (χ1) is 14.1. The van der Waals surface area contributed by atoms with Crippen LogP contribution in [0.5, 0.6) is 0 Å². The van der Waals surface area contributed by atoms with E-state index in [0.29, 0.717) is 30.9 Å². The van der Waals surface area contributed by atoms with E-state index in [2.05, 4.69) is 27.3 Å². The van der Waals surface area contributed by atoms with Crippen LogP contribution >= 0.6 is 0 Å². The van der Waals surface area contributed by atoms with Crippen LogP contribution in [0, 0.1) is 6.92 Å². The van der Waals surface area contributed by atoms with Crippen LogP contribution in [-0.2, 0) is 24.2 Å². The molecular formula is C21H27N5O3. The first kappa shape index (κ1) is 19.4. The molecule has 3 aromatic rings. The van der Waals surface area contributed by atoms with E-state index in [-0.39, 0.29) is 5.91 Å². The number of nitrogens with one attached hydrogen (secondary N) is 1. The van der Waals surface area contributed by atoms with Crippen molar-refractivity contribution >= 4 is 22.8 Å². The number of furan rings is 1. The van der Waals surface area contributed by atoms with E-state index in [9.17, 15) is 4.79 Å². The summed E-state index contributed by atoms with van der Waals surface area (Å²) in [7, 11) is 0. The summed E-state index contributed by atoms with van der Waals surface area (Å²) in [6.07, 6.45) is 5.08. The molecule has 8 nitrogen and oxygen atoms in total. The number of amides is 1. The summed E-state index contributed by atoms with van der Waals surface area (Å²) >= 11 is 0. The Balaban J connectivity index is 1.47. The van der Waals surface area contributed by atoms with Crippen LogP contribution in [0.1, 0.15) is 55.6 Å². The Morgan fingerprint density at radius 2 is 2.03 bits per heavy atom. The number of rotatable bonds is 7. The monoisotopic (exact) mass is 397 g/mol. The summed E-state index contributed by atoms with van der Waals surface area (Å²) in [5.74, 6) is 3.03. The highest BCUT2D eigenvalue weighted by Crippen LogP contribution is 2.29. The van der Waals surface area contributed by atoms with Crippen molar-refractivity contribution in [2.75, 3.05) is 18.0 Å². The van der Waals surface area contributed by atoms with E-state index in [4.69, 9.17) is 13.9 Å². The highest BCUT2D eigenvalue weighted by molar-refractivity contribution is 5.88. The SMILES string of the molecule is CCc1noc2nc(CCC(=O)NCc3ccc(C)o3)nc(N3CCCCC3)c12. The lowest BCUT2D eigenvalue weighted by Crippen LogP contribution is -2.31. The quantitative estimate of drug-likeness (QED) is 0.653. The van der Waals surface area contributed by atoms with Crippen molar-refractivity contribution in [3.63, 3.8) is 0 Å². The Bertz CT molecular complexity index is 988. The number of carbonyl (C=O) groups excluding carboxylic acids is 1. The molecule has 0 aromatic carbocycles. The average Bonchev–Trinajstić information content (AvgIpc) is 3.36. The van der Waals surface area contributed by atoms with Gasteiger partial charge < -0.3 is 19.2 Å². The van der Waals surface area contributed by atoms with Crippen LogP contribution in [0.2, 0.25) is 0 Å². The lowest BCUT2D eigenvalue weighted by atomic mass is 10.1. The van der Waals surface area contributed by atoms with Crippen molar-refractivity contribution in [1.29, 1.82) is 0 Å². The third kappa shape index (κ3) is 4.41. The molecular weight excluding hydrogens is 370 g/mol. The molecule has 1 N–H and O–H groups in total. The highest BCUT2D eigenvalue weighted by Gasteiger charge is 2.22. The molecule has 1 saturated heterocycles. The molecule has 4 rings (SSSR count). The number of hydrogen-bond acceptors (Lipinski definition) is 7. The second-order valence-electron chi connectivity index (χ2n) is 7.46. The number of hydrogen-bond donors (Lipinski definition) is 1. The van der Waals surface area contributed by atoms with Crippen molar-refractivity contribution in [3.8, 4) is 0 Å². The Morgan fingerprint density at radius 1 is 1.21 bits per heavy atom. The highest BCUT2D eigenvalue weighted by atomic mass is 16.5. The number of anilines is 1. The Morgan fingerprint density at radius 3 is 2.76 bits per heavy atom. The van der Waals surface area contributed by atoms with Gasteiger partial charge in [0.1, 0.15) is 28.5 Å². The molecule has 4 heterocycles. The van der Waals surface area contributed by atoms with Gasteiger partial charge in [0, 0.05) is 25.9 Å². The van der Waals surface area contributed by atoms with Crippen molar-refractivity contribution < 1.29 is 13.7 Å². The molecule has 8 heteroatoms. The minimum Gasteiger partial charge on any atom is -0.465 e. The number of nitrogens with zero attached hydrogens (tertiary/aromatic N) is 4. The van der Waals surface area contributed by atoms with Crippen LogP contribution in [0.25, 0.3) is 11.1 Å². The van der Waals surface area contributed by atoms with E-state index in [0.717, 1.165) is 60.8 Å². The zero-order valence-electron chi connectivity index (χ0n) is 17.0. The van der Waals surface area contributed by atoms with Gasteiger partial charge in [0.05, 0.1) is 12.2 Å².